The Morgan fingerprint density at radius 2 is 1.58 bits per heavy atom. The van der Waals surface area contributed by atoms with Crippen molar-refractivity contribution in [3.05, 3.63) is 18.0 Å². The molecule has 3 rings (SSSR count). The molecule has 1 spiro atoms. The van der Waals surface area contributed by atoms with Gasteiger partial charge < -0.3 is 20.3 Å². The summed E-state index contributed by atoms with van der Waals surface area (Å²) >= 11 is 0. The molecule has 38 heavy (non-hydrogen) atoms. The number of ether oxygens (including phenoxy) is 1. The Bertz CT molecular complexity index is 883. The number of alkyl carbamates (subject to hydrolysis) is 1. The average Bonchev–Trinajstić information content (AvgIpc) is 3.25. The molecule has 0 aromatic carbocycles. The molecule has 2 heterocycles. The molecule has 2 aliphatic rings. The number of hydrogen-bond donors (Lipinski definition) is 3. The van der Waals surface area contributed by atoms with Crippen LogP contribution in [-0.4, -0.2) is 87.7 Å². The minimum absolute atomic E-state index is 0.159. The summed E-state index contributed by atoms with van der Waals surface area (Å²) in [5.41, 5.74) is 1.65. The van der Waals surface area contributed by atoms with E-state index in [9.17, 15) is 35.5 Å². The van der Waals surface area contributed by atoms with Gasteiger partial charge in [0.1, 0.15) is 13.3 Å². The van der Waals surface area contributed by atoms with Crippen molar-refractivity contribution >= 4 is 18.0 Å². The maximum Gasteiger partial charge on any atom is 0.490 e. The Morgan fingerprint density at radius 1 is 1.08 bits per heavy atom. The number of alkyl halides is 7. The van der Waals surface area contributed by atoms with Crippen molar-refractivity contribution in [3.63, 3.8) is 0 Å². The van der Waals surface area contributed by atoms with Crippen LogP contribution in [0.1, 0.15) is 38.2 Å². The van der Waals surface area contributed by atoms with E-state index in [4.69, 9.17) is 24.5 Å². The summed E-state index contributed by atoms with van der Waals surface area (Å²) in [6.45, 7) is 5.36. The van der Waals surface area contributed by atoms with Crippen LogP contribution in [0.15, 0.2) is 12.4 Å². The van der Waals surface area contributed by atoms with Crippen LogP contribution in [0.3, 0.4) is 0 Å². The smallest absolute Gasteiger partial charge is 0.475 e. The SMILES string of the molecule is CCn1cc(CN2CCC3(CC2)CC(NC(=O)OCCF)C3)cn1.O=C(O)C(F)(F)F.O=C(O)C(F)(F)F. The van der Waals surface area contributed by atoms with Gasteiger partial charge in [0.2, 0.25) is 0 Å². The molecular formula is C21H29F7N4O6. The first-order valence-electron chi connectivity index (χ1n) is 11.3. The van der Waals surface area contributed by atoms with Crippen molar-refractivity contribution in [3.8, 4) is 0 Å². The van der Waals surface area contributed by atoms with E-state index in [2.05, 4.69) is 28.4 Å². The normalized spacial score (nSPS) is 17.3. The van der Waals surface area contributed by atoms with Gasteiger partial charge in [-0.15, -0.1) is 0 Å². The molecule has 17 heteroatoms. The number of halogens is 7. The average molecular weight is 566 g/mol. The number of rotatable bonds is 6. The topological polar surface area (TPSA) is 134 Å². The molecule has 1 aliphatic heterocycles. The molecular weight excluding hydrogens is 537 g/mol. The third-order valence-corrected chi connectivity index (χ3v) is 5.81. The first-order valence-corrected chi connectivity index (χ1v) is 11.3. The van der Waals surface area contributed by atoms with E-state index < -0.39 is 37.1 Å². The van der Waals surface area contributed by atoms with Gasteiger partial charge in [0, 0.05) is 30.9 Å². The van der Waals surface area contributed by atoms with E-state index >= 15 is 0 Å². The fraction of sp³-hybridized carbons (Fsp3) is 0.714. The molecule has 0 unspecified atom stereocenters. The molecule has 1 saturated carbocycles. The number of hydrogen-bond acceptors (Lipinski definition) is 6. The molecule has 10 nitrogen and oxygen atoms in total. The van der Waals surface area contributed by atoms with Gasteiger partial charge in [0.15, 0.2) is 0 Å². The van der Waals surface area contributed by atoms with Crippen LogP contribution in [0.25, 0.3) is 0 Å². The molecule has 1 saturated heterocycles. The first-order chi connectivity index (χ1) is 17.5. The minimum atomic E-state index is -5.08. The summed E-state index contributed by atoms with van der Waals surface area (Å²) in [5.74, 6) is -5.51. The van der Waals surface area contributed by atoms with Gasteiger partial charge in [0.25, 0.3) is 0 Å². The van der Waals surface area contributed by atoms with E-state index in [1.54, 1.807) is 0 Å². The second-order valence-corrected chi connectivity index (χ2v) is 8.66. The lowest BCUT2D eigenvalue weighted by molar-refractivity contribution is -0.193. The highest BCUT2D eigenvalue weighted by Crippen LogP contribution is 2.49. The first kappa shape index (κ1) is 32.9. The molecule has 218 valence electrons. The van der Waals surface area contributed by atoms with E-state index in [1.807, 2.05) is 10.9 Å². The summed E-state index contributed by atoms with van der Waals surface area (Å²) in [6, 6.07) is 0.187. The van der Waals surface area contributed by atoms with Crippen LogP contribution in [-0.2, 0) is 27.4 Å². The van der Waals surface area contributed by atoms with E-state index in [-0.39, 0.29) is 12.6 Å². The van der Waals surface area contributed by atoms with Gasteiger partial charge >= 0.3 is 30.4 Å². The highest BCUT2D eigenvalue weighted by molar-refractivity contribution is 5.73. The quantitative estimate of drug-likeness (QED) is 0.445. The predicted molar refractivity (Wildman–Crippen MR) is 116 cm³/mol. The number of nitrogens with zero attached hydrogens (tertiary/aromatic N) is 3. The number of amides is 1. The number of carboxylic acids is 2. The van der Waals surface area contributed by atoms with Gasteiger partial charge in [-0.1, -0.05) is 0 Å². The van der Waals surface area contributed by atoms with Gasteiger partial charge in [-0.3, -0.25) is 9.58 Å². The van der Waals surface area contributed by atoms with Crippen LogP contribution in [0, 0.1) is 5.41 Å². The van der Waals surface area contributed by atoms with Gasteiger partial charge in [0.05, 0.1) is 6.20 Å². The van der Waals surface area contributed by atoms with Crippen molar-refractivity contribution in [2.75, 3.05) is 26.4 Å². The van der Waals surface area contributed by atoms with Crippen molar-refractivity contribution < 1.29 is 60.1 Å². The van der Waals surface area contributed by atoms with Crippen molar-refractivity contribution in [2.45, 2.75) is 64.1 Å². The molecule has 1 amide bonds. The van der Waals surface area contributed by atoms with E-state index in [0.29, 0.717) is 5.41 Å². The monoisotopic (exact) mass is 566 g/mol. The van der Waals surface area contributed by atoms with Crippen LogP contribution in [0.2, 0.25) is 0 Å². The zero-order chi connectivity index (χ0) is 29.1. The third-order valence-electron chi connectivity index (χ3n) is 5.81. The Balaban J connectivity index is 0.000000426. The Hall–Kier alpha value is -3.11. The summed E-state index contributed by atoms with van der Waals surface area (Å²) in [7, 11) is 0. The largest absolute Gasteiger partial charge is 0.490 e. The van der Waals surface area contributed by atoms with E-state index in [0.717, 1.165) is 39.0 Å². The fourth-order valence-electron chi connectivity index (χ4n) is 3.94. The molecule has 1 aromatic rings. The Kier molecular flexibility index (Phi) is 12.3. The number of aromatic nitrogens is 2. The number of carboxylic acid groups (broad SMARTS) is 2. The summed E-state index contributed by atoms with van der Waals surface area (Å²) in [4.78, 5) is 31.7. The number of piperidine rings is 1. The molecule has 1 aliphatic carbocycles. The zero-order valence-corrected chi connectivity index (χ0v) is 20.3. The maximum atomic E-state index is 12.0. The molecule has 1 aromatic heterocycles. The lowest BCUT2D eigenvalue weighted by Crippen LogP contribution is -2.54. The molecule has 2 fully saturated rings. The highest BCUT2D eigenvalue weighted by atomic mass is 19.4. The highest BCUT2D eigenvalue weighted by Gasteiger charge is 2.46. The van der Waals surface area contributed by atoms with Gasteiger partial charge in [-0.2, -0.15) is 31.4 Å². The Morgan fingerprint density at radius 3 is 1.97 bits per heavy atom. The van der Waals surface area contributed by atoms with Crippen LogP contribution in [0.4, 0.5) is 35.5 Å². The maximum absolute atomic E-state index is 12.0. The summed E-state index contributed by atoms with van der Waals surface area (Å²) < 4.78 is 82.1. The summed E-state index contributed by atoms with van der Waals surface area (Å²) in [6.07, 6.45) is -2.20. The number of carbonyl (C=O) groups excluding carboxylic acids is 1. The number of aryl methyl sites for hydroxylation is 1. The second kappa shape index (κ2) is 14.2. The standard InChI is InChI=1S/C17H27FN4O2.2C2HF3O2/c1-2-22-13-14(11-19-22)12-21-6-3-17(4-7-21)9-15(10-17)20-16(23)24-8-5-18;2*3-2(4,5)1(6)7/h11,13,15H,2-10,12H2,1H3,(H,20,23);2*(H,6,7). The van der Waals surface area contributed by atoms with Crippen molar-refractivity contribution in [2.24, 2.45) is 5.41 Å². The van der Waals surface area contributed by atoms with Crippen molar-refractivity contribution in [1.29, 1.82) is 0 Å². The van der Waals surface area contributed by atoms with Crippen LogP contribution < -0.4 is 5.32 Å². The molecule has 3 N–H and O–H groups in total. The predicted octanol–water partition coefficient (Wildman–Crippen LogP) is 3.61. The molecule has 0 radical (unpaired) electrons. The number of aliphatic carboxylic acids is 2. The van der Waals surface area contributed by atoms with Gasteiger partial charge in [-0.25, -0.2) is 18.8 Å². The van der Waals surface area contributed by atoms with Gasteiger partial charge in [-0.05, 0) is 51.1 Å². The van der Waals surface area contributed by atoms with Crippen LogP contribution >= 0.6 is 0 Å². The fourth-order valence-corrected chi connectivity index (χ4v) is 3.94. The lowest BCUT2D eigenvalue weighted by atomic mass is 9.60. The van der Waals surface area contributed by atoms with E-state index in [1.165, 1.54) is 18.4 Å². The zero-order valence-electron chi connectivity index (χ0n) is 20.3. The minimum Gasteiger partial charge on any atom is -0.475 e. The second-order valence-electron chi connectivity index (χ2n) is 8.66. The van der Waals surface area contributed by atoms with Crippen LogP contribution in [0.5, 0.6) is 0 Å². The number of likely N-dealkylation sites (tertiary alicyclic amines) is 1. The molecule has 0 atom stereocenters. The summed E-state index contributed by atoms with van der Waals surface area (Å²) in [5, 5.41) is 21.4. The third kappa shape index (κ3) is 11.5. The number of carbonyl (C=O) groups is 3. The molecule has 0 bridgehead atoms. The Labute approximate surface area is 212 Å². The lowest BCUT2D eigenvalue weighted by Gasteiger charge is -2.52. The number of nitrogens with one attached hydrogen (secondary N) is 1. The van der Waals surface area contributed by atoms with Crippen molar-refractivity contribution in [1.82, 2.24) is 20.0 Å².